The maximum absolute atomic E-state index is 13.4. The van der Waals surface area contributed by atoms with Gasteiger partial charge in [0.2, 0.25) is 5.91 Å². The van der Waals surface area contributed by atoms with Crippen LogP contribution in [0, 0.1) is 19.7 Å². The molecular formula is C24H23ClFN5O3. The van der Waals surface area contributed by atoms with Gasteiger partial charge < -0.3 is 5.32 Å². The predicted octanol–water partition coefficient (Wildman–Crippen LogP) is 3.48. The van der Waals surface area contributed by atoms with Crippen molar-refractivity contribution in [3.8, 4) is 0 Å². The molecule has 2 aromatic carbocycles. The molecule has 0 bridgehead atoms. The molecule has 2 aromatic heterocycles. The van der Waals surface area contributed by atoms with Gasteiger partial charge in [-0.1, -0.05) is 29.8 Å². The van der Waals surface area contributed by atoms with Gasteiger partial charge in [0.1, 0.15) is 17.9 Å². The second kappa shape index (κ2) is 9.26. The van der Waals surface area contributed by atoms with Gasteiger partial charge in [-0.3, -0.25) is 23.4 Å². The quantitative estimate of drug-likeness (QED) is 0.454. The van der Waals surface area contributed by atoms with Crippen molar-refractivity contribution in [2.45, 2.75) is 40.4 Å². The van der Waals surface area contributed by atoms with Gasteiger partial charge in [0.15, 0.2) is 5.52 Å². The number of amides is 1. The van der Waals surface area contributed by atoms with Crippen molar-refractivity contribution in [2.75, 3.05) is 5.32 Å². The number of aromatic nitrogens is 4. The molecule has 0 saturated carbocycles. The number of hydrogen-bond donors (Lipinski definition) is 1. The molecular weight excluding hydrogens is 461 g/mol. The molecule has 0 aliphatic rings. The van der Waals surface area contributed by atoms with Crippen molar-refractivity contribution >= 4 is 34.2 Å². The molecule has 0 spiro atoms. The number of hydrogen-bond acceptors (Lipinski definition) is 4. The summed E-state index contributed by atoms with van der Waals surface area (Å²) < 4.78 is 17.1. The summed E-state index contributed by atoms with van der Waals surface area (Å²) in [4.78, 5) is 39.7. The Labute approximate surface area is 199 Å². The van der Waals surface area contributed by atoms with E-state index in [0.29, 0.717) is 34.0 Å². The normalized spacial score (nSPS) is 11.2. The number of halogens is 2. The standard InChI is InChI=1S/C24H23ClFN5O3/c1-4-31-22-21(15(3)28-31)29(13-20(32)27-19-10-5-14(2)11-18(19)25)24(34)30(23(22)33)12-16-6-8-17(26)9-7-16/h5-11H,4,12-13H2,1-3H3,(H,27,32). The van der Waals surface area contributed by atoms with Crippen LogP contribution in [-0.2, 0) is 24.4 Å². The Kier molecular flexibility index (Phi) is 6.39. The van der Waals surface area contributed by atoms with Gasteiger partial charge in [0, 0.05) is 6.54 Å². The van der Waals surface area contributed by atoms with Crippen molar-refractivity contribution in [3.63, 3.8) is 0 Å². The molecule has 0 radical (unpaired) electrons. The third-order valence-corrected chi connectivity index (χ3v) is 5.84. The van der Waals surface area contributed by atoms with Crippen LogP contribution in [0.1, 0.15) is 23.7 Å². The Hall–Kier alpha value is -3.72. The topological polar surface area (TPSA) is 90.9 Å². The molecule has 2 heterocycles. The summed E-state index contributed by atoms with van der Waals surface area (Å²) in [7, 11) is 0. The molecule has 0 unspecified atom stereocenters. The summed E-state index contributed by atoms with van der Waals surface area (Å²) in [6, 6.07) is 10.7. The van der Waals surface area contributed by atoms with Crippen LogP contribution < -0.4 is 16.6 Å². The van der Waals surface area contributed by atoms with Crippen LogP contribution in [0.2, 0.25) is 5.02 Å². The van der Waals surface area contributed by atoms with Crippen molar-refractivity contribution in [2.24, 2.45) is 0 Å². The van der Waals surface area contributed by atoms with E-state index in [1.807, 2.05) is 19.9 Å². The molecule has 0 saturated heterocycles. The lowest BCUT2D eigenvalue weighted by Crippen LogP contribution is -2.42. The molecule has 1 amide bonds. The lowest BCUT2D eigenvalue weighted by atomic mass is 10.2. The Balaban J connectivity index is 1.82. The number of nitrogens with zero attached hydrogens (tertiary/aromatic N) is 4. The zero-order valence-electron chi connectivity index (χ0n) is 18.9. The molecule has 176 valence electrons. The molecule has 4 rings (SSSR count). The Morgan fingerprint density at radius 2 is 1.76 bits per heavy atom. The summed E-state index contributed by atoms with van der Waals surface area (Å²) in [5.41, 5.74) is 1.73. The fourth-order valence-electron chi connectivity index (χ4n) is 3.91. The van der Waals surface area contributed by atoms with Gasteiger partial charge >= 0.3 is 5.69 Å². The van der Waals surface area contributed by atoms with Crippen LogP contribution in [0.5, 0.6) is 0 Å². The number of fused-ring (bicyclic) bond motifs is 1. The first kappa shape index (κ1) is 23.4. The molecule has 1 N–H and O–H groups in total. The van der Waals surface area contributed by atoms with Crippen molar-refractivity contribution < 1.29 is 9.18 Å². The van der Waals surface area contributed by atoms with Crippen LogP contribution in [0.4, 0.5) is 10.1 Å². The first-order valence-electron chi connectivity index (χ1n) is 10.7. The van der Waals surface area contributed by atoms with E-state index in [1.165, 1.54) is 33.5 Å². The van der Waals surface area contributed by atoms with E-state index in [9.17, 15) is 18.8 Å². The zero-order chi connectivity index (χ0) is 24.6. The van der Waals surface area contributed by atoms with Crippen LogP contribution >= 0.6 is 11.6 Å². The van der Waals surface area contributed by atoms with E-state index in [0.717, 1.165) is 10.1 Å². The second-order valence-electron chi connectivity index (χ2n) is 8.02. The maximum atomic E-state index is 13.4. The fraction of sp³-hybridized carbons (Fsp3) is 0.250. The van der Waals surface area contributed by atoms with Crippen molar-refractivity contribution in [1.82, 2.24) is 18.9 Å². The third-order valence-electron chi connectivity index (χ3n) is 5.53. The smallest absolute Gasteiger partial charge is 0.323 e. The Bertz CT molecular complexity index is 1520. The van der Waals surface area contributed by atoms with Gasteiger partial charge in [-0.2, -0.15) is 5.10 Å². The number of nitrogens with one attached hydrogen (secondary N) is 1. The lowest BCUT2D eigenvalue weighted by Gasteiger charge is -2.14. The van der Waals surface area contributed by atoms with Crippen molar-refractivity contribution in [3.05, 3.63) is 91.0 Å². The Morgan fingerprint density at radius 1 is 1.06 bits per heavy atom. The van der Waals surface area contributed by atoms with Gasteiger partial charge in [-0.15, -0.1) is 0 Å². The third kappa shape index (κ3) is 4.38. The maximum Gasteiger partial charge on any atom is 0.332 e. The van der Waals surface area contributed by atoms with Gasteiger partial charge in [0.25, 0.3) is 5.56 Å². The summed E-state index contributed by atoms with van der Waals surface area (Å²) in [6.45, 7) is 5.37. The minimum Gasteiger partial charge on any atom is -0.323 e. The number of benzene rings is 2. The van der Waals surface area contributed by atoms with Gasteiger partial charge in [-0.25, -0.2) is 9.18 Å². The van der Waals surface area contributed by atoms with E-state index < -0.39 is 23.0 Å². The molecule has 8 nitrogen and oxygen atoms in total. The highest BCUT2D eigenvalue weighted by Gasteiger charge is 2.22. The number of carbonyl (C=O) groups excluding carboxylic acids is 1. The van der Waals surface area contributed by atoms with E-state index in [1.54, 1.807) is 19.1 Å². The number of anilines is 1. The number of carbonyl (C=O) groups is 1. The van der Waals surface area contributed by atoms with Crippen LogP contribution in [0.3, 0.4) is 0 Å². The average Bonchev–Trinajstić information content (AvgIpc) is 3.14. The number of aryl methyl sites for hydroxylation is 3. The average molecular weight is 484 g/mol. The zero-order valence-corrected chi connectivity index (χ0v) is 19.7. The SMILES string of the molecule is CCn1nc(C)c2c1c(=O)n(Cc1ccc(F)cc1)c(=O)n2CC(=O)Nc1ccc(C)cc1Cl. The first-order chi connectivity index (χ1) is 16.2. The second-order valence-corrected chi connectivity index (χ2v) is 8.42. The summed E-state index contributed by atoms with van der Waals surface area (Å²) in [5.74, 6) is -0.903. The highest BCUT2D eigenvalue weighted by Crippen LogP contribution is 2.23. The predicted molar refractivity (Wildman–Crippen MR) is 129 cm³/mol. The van der Waals surface area contributed by atoms with Crippen LogP contribution in [0.25, 0.3) is 11.0 Å². The minimum atomic E-state index is -0.661. The fourth-order valence-corrected chi connectivity index (χ4v) is 4.19. The molecule has 4 aromatic rings. The van der Waals surface area contributed by atoms with E-state index in [2.05, 4.69) is 10.4 Å². The highest BCUT2D eigenvalue weighted by atomic mass is 35.5. The summed E-state index contributed by atoms with van der Waals surface area (Å²) >= 11 is 6.23. The summed E-state index contributed by atoms with van der Waals surface area (Å²) in [5, 5.41) is 7.49. The summed E-state index contributed by atoms with van der Waals surface area (Å²) in [6.07, 6.45) is 0. The van der Waals surface area contributed by atoms with E-state index >= 15 is 0 Å². The minimum absolute atomic E-state index is 0.0762. The van der Waals surface area contributed by atoms with Gasteiger partial charge in [0.05, 0.1) is 22.9 Å². The molecule has 10 heteroatoms. The Morgan fingerprint density at radius 3 is 2.41 bits per heavy atom. The molecule has 0 aliphatic carbocycles. The van der Waals surface area contributed by atoms with Crippen LogP contribution in [-0.4, -0.2) is 24.8 Å². The monoisotopic (exact) mass is 483 g/mol. The molecule has 34 heavy (non-hydrogen) atoms. The van der Waals surface area contributed by atoms with E-state index in [4.69, 9.17) is 11.6 Å². The molecule has 0 atom stereocenters. The first-order valence-corrected chi connectivity index (χ1v) is 11.1. The number of rotatable bonds is 6. The van der Waals surface area contributed by atoms with E-state index in [-0.39, 0.29) is 18.6 Å². The molecule has 0 fully saturated rings. The highest BCUT2D eigenvalue weighted by molar-refractivity contribution is 6.33. The lowest BCUT2D eigenvalue weighted by molar-refractivity contribution is -0.116. The van der Waals surface area contributed by atoms with Crippen molar-refractivity contribution in [1.29, 1.82) is 0 Å². The van der Waals surface area contributed by atoms with Crippen LogP contribution in [0.15, 0.2) is 52.1 Å². The molecule has 0 aliphatic heterocycles. The largest absolute Gasteiger partial charge is 0.332 e. The van der Waals surface area contributed by atoms with Gasteiger partial charge in [-0.05, 0) is 56.2 Å².